The van der Waals surface area contributed by atoms with Crippen molar-refractivity contribution in [2.75, 3.05) is 0 Å². The van der Waals surface area contributed by atoms with Gasteiger partial charge in [0.2, 0.25) is 0 Å². The third kappa shape index (κ3) is 9.33. The molecule has 0 aliphatic heterocycles. The molecular weight excluding hydrogens is 495 g/mol. The first-order valence-corrected chi connectivity index (χ1v) is 10.5. The van der Waals surface area contributed by atoms with Gasteiger partial charge in [-0.05, 0) is 43.3 Å². The van der Waals surface area contributed by atoms with Gasteiger partial charge in [-0.25, -0.2) is 0 Å². The zero-order valence-corrected chi connectivity index (χ0v) is 20.3. The van der Waals surface area contributed by atoms with Crippen LogP contribution in [-0.4, -0.2) is 9.97 Å². The van der Waals surface area contributed by atoms with Crippen molar-refractivity contribution in [1.82, 2.24) is 9.97 Å². The van der Waals surface area contributed by atoms with Gasteiger partial charge in [-0.2, -0.15) is 30.3 Å². The van der Waals surface area contributed by atoms with Gasteiger partial charge >= 0.3 is 20.4 Å². The second-order valence-electron chi connectivity index (χ2n) is 7.07. The maximum atomic E-state index is 4.22. The van der Waals surface area contributed by atoms with E-state index in [0.29, 0.717) is 0 Å². The Morgan fingerprint density at radius 3 is 1.76 bits per heavy atom. The molecule has 2 nitrogen and oxygen atoms in total. The molecule has 5 aromatic rings. The minimum Gasteiger partial charge on any atom is -0.305 e. The minimum atomic E-state index is 0. The van der Waals surface area contributed by atoms with Crippen molar-refractivity contribution in [3.05, 3.63) is 145 Å². The van der Waals surface area contributed by atoms with Crippen LogP contribution in [0.25, 0.3) is 22.4 Å². The van der Waals surface area contributed by atoms with Gasteiger partial charge in [0.1, 0.15) is 0 Å². The topological polar surface area (TPSA) is 25.8 Å². The average Bonchev–Trinajstić information content (AvgIpc) is 2.87. The number of nitrogens with zero attached hydrogens (tertiary/aromatic N) is 2. The number of rotatable bonds is 2. The van der Waals surface area contributed by atoms with Gasteiger partial charge in [0.05, 0.1) is 0 Å². The van der Waals surface area contributed by atoms with E-state index in [0.717, 1.165) is 22.6 Å². The zero-order valence-electron chi connectivity index (χ0n) is 18.8. The summed E-state index contributed by atoms with van der Waals surface area (Å²) in [6, 6.07) is 44.1. The van der Waals surface area contributed by atoms with E-state index in [1.165, 1.54) is 11.1 Å². The molecule has 0 bridgehead atoms. The monoisotopic (exact) mass is 520 g/mol. The molecule has 33 heavy (non-hydrogen) atoms. The molecule has 0 atom stereocenters. The summed E-state index contributed by atoms with van der Waals surface area (Å²) in [5.41, 5.74) is 6.69. The van der Waals surface area contributed by atoms with Gasteiger partial charge in [-0.3, -0.25) is 4.98 Å². The van der Waals surface area contributed by atoms with Crippen LogP contribution in [-0.2, 0) is 20.4 Å². The molecule has 0 saturated heterocycles. The second-order valence-corrected chi connectivity index (χ2v) is 7.07. The van der Waals surface area contributed by atoms with E-state index in [1.54, 1.807) is 6.20 Å². The molecule has 3 aromatic carbocycles. The van der Waals surface area contributed by atoms with Gasteiger partial charge in [0.15, 0.2) is 0 Å². The molecule has 0 aliphatic carbocycles. The van der Waals surface area contributed by atoms with Gasteiger partial charge in [0, 0.05) is 17.6 Å². The van der Waals surface area contributed by atoms with E-state index < -0.39 is 0 Å². The van der Waals surface area contributed by atoms with E-state index in [1.807, 2.05) is 105 Å². The third-order valence-corrected chi connectivity index (χ3v) is 4.50. The second kappa shape index (κ2) is 14.6. The Morgan fingerprint density at radius 1 is 0.576 bits per heavy atom. The van der Waals surface area contributed by atoms with Crippen molar-refractivity contribution < 1.29 is 20.4 Å². The molecule has 0 unspecified atom stereocenters. The van der Waals surface area contributed by atoms with Crippen LogP contribution in [0.4, 0.5) is 0 Å². The fourth-order valence-electron chi connectivity index (χ4n) is 2.96. The van der Waals surface area contributed by atoms with Crippen molar-refractivity contribution in [2.45, 2.75) is 13.8 Å². The van der Waals surface area contributed by atoms with Crippen LogP contribution in [0, 0.1) is 26.0 Å². The average molecular weight is 521 g/mol. The molecule has 2 aromatic heterocycles. The summed E-state index contributed by atoms with van der Waals surface area (Å²) >= 11 is 0. The molecule has 0 aliphatic rings. The van der Waals surface area contributed by atoms with Crippen LogP contribution in [0.1, 0.15) is 11.4 Å². The maximum absolute atomic E-state index is 4.22. The fraction of sp³-hybridized carbons (Fsp3) is 0.0667. The summed E-state index contributed by atoms with van der Waals surface area (Å²) in [6.45, 7) is 3.99. The summed E-state index contributed by atoms with van der Waals surface area (Å²) in [5.74, 6) is 0. The predicted octanol–water partition coefficient (Wildman–Crippen LogP) is 7.40. The van der Waals surface area contributed by atoms with Crippen LogP contribution in [0.3, 0.4) is 0 Å². The molecular formula is C30H26N2Pd. The summed E-state index contributed by atoms with van der Waals surface area (Å²) in [6.07, 6.45) is 1.79. The number of hydrogen-bond acceptors (Lipinski definition) is 2. The predicted molar refractivity (Wildman–Crippen MR) is 133 cm³/mol. The van der Waals surface area contributed by atoms with Crippen molar-refractivity contribution >= 4 is 0 Å². The number of aryl methyl sites for hydroxylation is 2. The number of aromatic nitrogens is 2. The van der Waals surface area contributed by atoms with Gasteiger partial charge < -0.3 is 4.98 Å². The van der Waals surface area contributed by atoms with E-state index in [2.05, 4.69) is 46.4 Å². The molecule has 3 heteroatoms. The first-order valence-electron chi connectivity index (χ1n) is 10.5. The van der Waals surface area contributed by atoms with E-state index in [9.17, 15) is 0 Å². The van der Waals surface area contributed by atoms with Gasteiger partial charge in [0.25, 0.3) is 0 Å². The molecule has 0 saturated carbocycles. The quantitative estimate of drug-likeness (QED) is 0.179. The zero-order chi connectivity index (χ0) is 22.4. The number of hydrogen-bond donors (Lipinski definition) is 0. The van der Waals surface area contributed by atoms with E-state index >= 15 is 0 Å². The first kappa shape index (κ1) is 25.9. The minimum absolute atomic E-state index is 0. The summed E-state index contributed by atoms with van der Waals surface area (Å²) in [7, 11) is 0. The molecule has 0 fully saturated rings. The smallest absolute Gasteiger partial charge is 0.305 e. The molecule has 5 rings (SSSR count). The van der Waals surface area contributed by atoms with E-state index in [-0.39, 0.29) is 20.4 Å². The van der Waals surface area contributed by atoms with Crippen molar-refractivity contribution in [3.8, 4) is 22.4 Å². The third-order valence-electron chi connectivity index (χ3n) is 4.50. The van der Waals surface area contributed by atoms with Crippen molar-refractivity contribution in [1.29, 1.82) is 0 Å². The van der Waals surface area contributed by atoms with Crippen LogP contribution in [0.15, 0.2) is 121 Å². The number of benzene rings is 3. The Balaban J connectivity index is 0.000000177. The molecule has 2 heterocycles. The SMILES string of the molecule is Cc1cccc(C)n1.[Pd+2].[c-]1ccc(-c2ccccc2)cc1.[c-]1ccccc1-c1ccccn1. The molecule has 0 amide bonds. The van der Waals surface area contributed by atoms with Crippen LogP contribution >= 0.6 is 0 Å². The van der Waals surface area contributed by atoms with E-state index in [4.69, 9.17) is 0 Å². The summed E-state index contributed by atoms with van der Waals surface area (Å²) in [5, 5.41) is 0. The Bertz CT molecular complexity index is 996. The standard InChI is InChI=1S/C12H9.C11H8N.C7H9N.Pd/c1-3-7-11(8-4-1)12-9-5-2-6-10-12;1-2-6-10(7-3-1)11-8-4-5-9-12-11;1-6-4-3-5-7(2)8-6;/h1,3-10H;1-6,8-9H;3-5H,1-2H3;/q2*-1;;+2. The molecule has 0 N–H and O–H groups in total. The molecule has 166 valence electrons. The van der Waals surface area contributed by atoms with Crippen LogP contribution in [0.2, 0.25) is 0 Å². The summed E-state index contributed by atoms with van der Waals surface area (Å²) in [4.78, 5) is 8.39. The Labute approximate surface area is 211 Å². The van der Waals surface area contributed by atoms with Crippen LogP contribution in [0.5, 0.6) is 0 Å². The molecule has 0 spiro atoms. The Hall–Kier alpha value is -3.38. The van der Waals surface area contributed by atoms with Gasteiger partial charge in [-0.1, -0.05) is 48.5 Å². The van der Waals surface area contributed by atoms with Crippen molar-refractivity contribution in [2.24, 2.45) is 0 Å². The van der Waals surface area contributed by atoms with Crippen LogP contribution < -0.4 is 0 Å². The fourth-order valence-corrected chi connectivity index (χ4v) is 2.96. The number of pyridine rings is 2. The largest absolute Gasteiger partial charge is 2.00 e. The Kier molecular flexibility index (Phi) is 11.5. The summed E-state index contributed by atoms with van der Waals surface area (Å²) < 4.78 is 0. The van der Waals surface area contributed by atoms with Crippen molar-refractivity contribution in [3.63, 3.8) is 0 Å². The normalized spacial score (nSPS) is 9.27. The van der Waals surface area contributed by atoms with Gasteiger partial charge in [-0.15, -0.1) is 41.5 Å². The first-order chi connectivity index (χ1) is 15.7. The Morgan fingerprint density at radius 2 is 1.21 bits per heavy atom. The molecule has 0 radical (unpaired) electrons. The maximum Gasteiger partial charge on any atom is 2.00 e.